The third kappa shape index (κ3) is 8.85. The molecule has 1 fully saturated rings. The summed E-state index contributed by atoms with van der Waals surface area (Å²) in [6.45, 7) is 1.35. The third-order valence-electron chi connectivity index (χ3n) is 7.72. The van der Waals surface area contributed by atoms with E-state index in [1.807, 2.05) is 53.4 Å². The molecule has 1 saturated heterocycles. The molecule has 0 spiro atoms. The molecule has 1 aromatic heterocycles. The number of halogens is 3. The molecule has 2 heterocycles. The number of aromatic nitrogens is 2. The Labute approximate surface area is 263 Å². The largest absolute Gasteiger partial charge is 0.480 e. The van der Waals surface area contributed by atoms with Crippen molar-refractivity contribution >= 4 is 29.5 Å². The van der Waals surface area contributed by atoms with Gasteiger partial charge in [0.25, 0.3) is 5.91 Å². The number of amides is 1. The molecule has 0 aliphatic carbocycles. The number of aliphatic carboxylic acids is 1. The highest BCUT2D eigenvalue weighted by Gasteiger charge is 2.30. The average Bonchev–Trinajstić information content (AvgIpc) is 3.05. The van der Waals surface area contributed by atoms with Crippen LogP contribution in [0, 0.1) is 5.92 Å². The lowest BCUT2D eigenvalue weighted by molar-refractivity contribution is -0.139. The summed E-state index contributed by atoms with van der Waals surface area (Å²) in [7, 11) is 0. The smallest absolute Gasteiger partial charge is 0.416 e. The lowest BCUT2D eigenvalue weighted by Crippen LogP contribution is -2.43. The summed E-state index contributed by atoms with van der Waals surface area (Å²) >= 11 is 1.38. The summed E-state index contributed by atoms with van der Waals surface area (Å²) in [6, 6.07) is 24.7. The summed E-state index contributed by atoms with van der Waals surface area (Å²) < 4.78 is 39.6. The highest BCUT2D eigenvalue weighted by atomic mass is 32.2. The van der Waals surface area contributed by atoms with Gasteiger partial charge in [-0.2, -0.15) is 24.9 Å². The van der Waals surface area contributed by atoms with E-state index in [4.69, 9.17) is 0 Å². The number of benzene rings is 3. The summed E-state index contributed by atoms with van der Waals surface area (Å²) in [6.07, 6.45) is -1.74. The molecule has 45 heavy (non-hydrogen) atoms. The fraction of sp³-hybridized carbons (Fsp3) is 0.294. The maximum Gasteiger partial charge on any atom is 0.416 e. The van der Waals surface area contributed by atoms with Gasteiger partial charge in [-0.25, -0.2) is 14.8 Å². The molecule has 1 unspecified atom stereocenters. The Hall–Kier alpha value is -4.38. The van der Waals surface area contributed by atoms with Gasteiger partial charge in [0.2, 0.25) is 0 Å². The van der Waals surface area contributed by atoms with Crippen molar-refractivity contribution in [2.24, 2.45) is 5.92 Å². The molecule has 234 valence electrons. The molecule has 4 aromatic rings. The van der Waals surface area contributed by atoms with E-state index in [9.17, 15) is 27.9 Å². The zero-order valence-corrected chi connectivity index (χ0v) is 25.2. The van der Waals surface area contributed by atoms with Crippen molar-refractivity contribution in [1.82, 2.24) is 15.3 Å². The lowest BCUT2D eigenvalue weighted by Gasteiger charge is -2.33. The molecular formula is C34H33F3N4O3S. The van der Waals surface area contributed by atoms with E-state index in [0.717, 1.165) is 37.0 Å². The van der Waals surface area contributed by atoms with Crippen LogP contribution in [0.4, 0.5) is 19.0 Å². The number of rotatable bonds is 11. The van der Waals surface area contributed by atoms with Gasteiger partial charge < -0.3 is 15.3 Å². The lowest BCUT2D eigenvalue weighted by atomic mass is 9.90. The third-order valence-corrected chi connectivity index (χ3v) is 8.83. The number of carboxylic acid groups (broad SMARTS) is 1. The molecule has 11 heteroatoms. The van der Waals surface area contributed by atoms with Crippen LogP contribution in [0.15, 0.2) is 91.0 Å². The van der Waals surface area contributed by atoms with Crippen molar-refractivity contribution in [2.75, 3.05) is 23.7 Å². The summed E-state index contributed by atoms with van der Waals surface area (Å²) in [5.41, 5.74) is 1.76. The van der Waals surface area contributed by atoms with Crippen molar-refractivity contribution in [3.8, 4) is 11.4 Å². The minimum absolute atomic E-state index is 0.0550. The highest BCUT2D eigenvalue weighted by Crippen LogP contribution is 2.31. The Morgan fingerprint density at radius 2 is 1.53 bits per heavy atom. The molecule has 2 N–H and O–H groups in total. The first-order valence-electron chi connectivity index (χ1n) is 14.7. The minimum Gasteiger partial charge on any atom is -0.480 e. The Kier molecular flexibility index (Phi) is 10.4. The first-order valence-corrected chi connectivity index (χ1v) is 15.8. The topological polar surface area (TPSA) is 95.4 Å². The molecule has 0 radical (unpaired) electrons. The maximum atomic E-state index is 13.4. The highest BCUT2D eigenvalue weighted by molar-refractivity contribution is 7.98. The van der Waals surface area contributed by atoms with Gasteiger partial charge in [0.05, 0.1) is 5.56 Å². The zero-order valence-electron chi connectivity index (χ0n) is 24.4. The Morgan fingerprint density at radius 1 is 0.911 bits per heavy atom. The first-order chi connectivity index (χ1) is 21.7. The average molecular weight is 635 g/mol. The zero-order chi connectivity index (χ0) is 31.8. The molecule has 1 aliphatic heterocycles. The second kappa shape index (κ2) is 14.6. The fourth-order valence-electron chi connectivity index (χ4n) is 5.24. The van der Waals surface area contributed by atoms with E-state index < -0.39 is 29.7 Å². The van der Waals surface area contributed by atoms with E-state index in [-0.39, 0.29) is 17.3 Å². The van der Waals surface area contributed by atoms with Crippen molar-refractivity contribution in [1.29, 1.82) is 0 Å². The molecule has 5 rings (SSSR count). The molecule has 1 aliphatic rings. The van der Waals surface area contributed by atoms with Gasteiger partial charge in [-0.05, 0) is 48.4 Å². The SMILES string of the molecule is O=C(NC(CSCc1ccccc1)C(=O)O)c1cc(N2CCC(Cc3ccccc3)CC2)nc(-c2ccc(C(F)(F)F)cc2)n1. The van der Waals surface area contributed by atoms with E-state index in [1.165, 1.54) is 35.5 Å². The van der Waals surface area contributed by atoms with Crippen molar-refractivity contribution in [3.63, 3.8) is 0 Å². The van der Waals surface area contributed by atoms with E-state index >= 15 is 0 Å². The van der Waals surface area contributed by atoms with Crippen LogP contribution in [0.5, 0.6) is 0 Å². The van der Waals surface area contributed by atoms with Gasteiger partial charge in [-0.3, -0.25) is 4.79 Å². The fourth-order valence-corrected chi connectivity index (χ4v) is 6.25. The number of nitrogens with zero attached hydrogens (tertiary/aromatic N) is 3. The standard InChI is InChI=1S/C34H33F3N4O3S/c35-34(36,37)27-13-11-26(12-14-27)31-38-28(32(42)39-29(33(43)44)22-45-21-25-9-5-2-6-10-25)20-30(40-31)41-17-15-24(16-18-41)19-23-7-3-1-4-8-23/h1-14,20,24,29H,15-19,21-22H2,(H,39,42)(H,43,44). The second-order valence-corrected chi connectivity index (χ2v) is 12.0. The van der Waals surface area contributed by atoms with Crippen LogP contribution in [0.2, 0.25) is 0 Å². The Bertz CT molecular complexity index is 1580. The number of piperidine rings is 1. The predicted molar refractivity (Wildman–Crippen MR) is 169 cm³/mol. The molecule has 1 amide bonds. The number of alkyl halides is 3. The van der Waals surface area contributed by atoms with Crippen LogP contribution in [0.1, 0.15) is 40.0 Å². The van der Waals surface area contributed by atoms with Crippen LogP contribution in [0.3, 0.4) is 0 Å². The van der Waals surface area contributed by atoms with Crippen LogP contribution in [0.25, 0.3) is 11.4 Å². The molecule has 0 saturated carbocycles. The number of carboxylic acids is 1. The van der Waals surface area contributed by atoms with Crippen molar-refractivity contribution < 1.29 is 27.9 Å². The quantitative estimate of drug-likeness (QED) is 0.189. The molecule has 7 nitrogen and oxygen atoms in total. The van der Waals surface area contributed by atoms with Crippen LogP contribution in [-0.4, -0.2) is 51.8 Å². The molecule has 1 atom stereocenters. The van der Waals surface area contributed by atoms with Gasteiger partial charge in [0.1, 0.15) is 17.6 Å². The second-order valence-electron chi connectivity index (χ2n) is 11.0. The van der Waals surface area contributed by atoms with E-state index in [1.54, 1.807) is 0 Å². The normalized spacial score (nSPS) is 14.6. The summed E-state index contributed by atoms with van der Waals surface area (Å²) in [5, 5.41) is 12.4. The molecule has 3 aromatic carbocycles. The van der Waals surface area contributed by atoms with Gasteiger partial charge >= 0.3 is 12.1 Å². The van der Waals surface area contributed by atoms with Crippen LogP contribution in [-0.2, 0) is 23.1 Å². The number of anilines is 1. The number of carbonyl (C=O) groups excluding carboxylic acids is 1. The number of hydrogen-bond acceptors (Lipinski definition) is 6. The van der Waals surface area contributed by atoms with Gasteiger partial charge in [0, 0.05) is 36.2 Å². The number of carbonyl (C=O) groups is 2. The van der Waals surface area contributed by atoms with Crippen molar-refractivity contribution in [3.05, 3.63) is 113 Å². The van der Waals surface area contributed by atoms with E-state index in [2.05, 4.69) is 27.4 Å². The first kappa shape index (κ1) is 32.0. The van der Waals surface area contributed by atoms with Gasteiger partial charge in [-0.15, -0.1) is 0 Å². The van der Waals surface area contributed by atoms with E-state index in [0.29, 0.717) is 36.1 Å². The molecular weight excluding hydrogens is 601 g/mol. The predicted octanol–water partition coefficient (Wildman–Crippen LogP) is 6.74. The number of thioether (sulfide) groups is 1. The maximum absolute atomic E-state index is 13.4. The van der Waals surface area contributed by atoms with Crippen LogP contribution < -0.4 is 10.2 Å². The summed E-state index contributed by atoms with van der Waals surface area (Å²) in [4.78, 5) is 36.5. The minimum atomic E-state index is -4.50. The number of nitrogens with one attached hydrogen (secondary N) is 1. The Morgan fingerprint density at radius 3 is 2.13 bits per heavy atom. The monoisotopic (exact) mass is 634 g/mol. The number of hydrogen-bond donors (Lipinski definition) is 2. The summed E-state index contributed by atoms with van der Waals surface area (Å²) in [5.74, 6) is -0.130. The molecule has 0 bridgehead atoms. The van der Waals surface area contributed by atoms with Crippen molar-refractivity contribution in [2.45, 2.75) is 37.2 Å². The van der Waals surface area contributed by atoms with Crippen LogP contribution >= 0.6 is 11.8 Å². The Balaban J connectivity index is 1.35. The van der Waals surface area contributed by atoms with Gasteiger partial charge in [0.15, 0.2) is 5.82 Å². The van der Waals surface area contributed by atoms with Gasteiger partial charge in [-0.1, -0.05) is 72.8 Å².